The molecule has 1 atom stereocenters. The molecule has 0 unspecified atom stereocenters. The van der Waals surface area contributed by atoms with Crippen LogP contribution in [0, 0.1) is 6.92 Å². The van der Waals surface area contributed by atoms with E-state index in [0.717, 1.165) is 11.3 Å². The van der Waals surface area contributed by atoms with Crippen molar-refractivity contribution in [2.75, 3.05) is 5.32 Å². The van der Waals surface area contributed by atoms with Crippen molar-refractivity contribution in [1.82, 2.24) is 10.6 Å². The van der Waals surface area contributed by atoms with Gasteiger partial charge in [0.15, 0.2) is 5.11 Å². The average molecular weight is 355 g/mol. The lowest BCUT2D eigenvalue weighted by molar-refractivity contribution is -0.119. The highest BCUT2D eigenvalue weighted by atomic mass is 35.6. The van der Waals surface area contributed by atoms with E-state index in [2.05, 4.69) is 16.0 Å². The standard InChI is InChI=1S/C12H14Cl3N3OS/c1-7-5-3-4-6-9(7)17-11(20)18-10(12(13,14)15)16-8(2)19/h3-6,10H,1-2H3,(H,16,19)(H2,17,18,20)/t10-/m1/s1. The molecule has 0 aliphatic rings. The number of amides is 1. The number of hydrogen-bond acceptors (Lipinski definition) is 2. The van der Waals surface area contributed by atoms with Crippen LogP contribution < -0.4 is 16.0 Å². The van der Waals surface area contributed by atoms with Gasteiger partial charge in [0.25, 0.3) is 0 Å². The van der Waals surface area contributed by atoms with E-state index >= 15 is 0 Å². The second kappa shape index (κ2) is 7.31. The molecule has 0 saturated heterocycles. The number of alkyl halides is 3. The molecule has 0 aliphatic carbocycles. The molecule has 1 aromatic carbocycles. The molecule has 8 heteroatoms. The third-order valence-corrected chi connectivity index (χ3v) is 3.22. The Kier molecular flexibility index (Phi) is 6.33. The van der Waals surface area contributed by atoms with Crippen molar-refractivity contribution in [2.24, 2.45) is 0 Å². The first kappa shape index (κ1) is 17.3. The molecule has 4 nitrogen and oxygen atoms in total. The predicted octanol–water partition coefficient (Wildman–Crippen LogP) is 3.11. The summed E-state index contributed by atoms with van der Waals surface area (Å²) in [6.07, 6.45) is -0.936. The van der Waals surface area contributed by atoms with Gasteiger partial charge < -0.3 is 16.0 Å². The van der Waals surface area contributed by atoms with Crippen molar-refractivity contribution in [2.45, 2.75) is 23.8 Å². The molecule has 0 fully saturated rings. The van der Waals surface area contributed by atoms with Crippen molar-refractivity contribution >= 4 is 63.7 Å². The fraction of sp³-hybridized carbons (Fsp3) is 0.333. The van der Waals surface area contributed by atoms with Gasteiger partial charge in [-0.3, -0.25) is 4.79 Å². The van der Waals surface area contributed by atoms with Gasteiger partial charge in [0.2, 0.25) is 9.70 Å². The van der Waals surface area contributed by atoms with E-state index in [4.69, 9.17) is 47.0 Å². The molecule has 110 valence electrons. The van der Waals surface area contributed by atoms with Crippen LogP contribution in [-0.2, 0) is 4.79 Å². The number of thiocarbonyl (C=S) groups is 1. The minimum Gasteiger partial charge on any atom is -0.339 e. The van der Waals surface area contributed by atoms with Crippen LogP contribution in [0.5, 0.6) is 0 Å². The zero-order valence-electron chi connectivity index (χ0n) is 10.8. The molecule has 0 aliphatic heterocycles. The minimum absolute atomic E-state index is 0.240. The fourth-order valence-electron chi connectivity index (χ4n) is 1.41. The average Bonchev–Trinajstić information content (AvgIpc) is 2.29. The number of carbonyl (C=O) groups excluding carboxylic acids is 1. The monoisotopic (exact) mass is 353 g/mol. The molecular formula is C12H14Cl3N3OS. The molecule has 20 heavy (non-hydrogen) atoms. The number of nitrogens with one attached hydrogen (secondary N) is 3. The van der Waals surface area contributed by atoms with E-state index < -0.39 is 9.96 Å². The quantitative estimate of drug-likeness (QED) is 0.443. The van der Waals surface area contributed by atoms with Gasteiger partial charge in [-0.25, -0.2) is 0 Å². The Bertz CT molecular complexity index is 505. The Balaban J connectivity index is 2.72. The predicted molar refractivity (Wildman–Crippen MR) is 88.4 cm³/mol. The van der Waals surface area contributed by atoms with Crippen LogP contribution >= 0.6 is 47.0 Å². The fourth-order valence-corrected chi connectivity index (χ4v) is 1.96. The number of aryl methyl sites for hydroxylation is 1. The topological polar surface area (TPSA) is 53.2 Å². The van der Waals surface area contributed by atoms with Crippen LogP contribution in [0.2, 0.25) is 0 Å². The molecule has 0 aromatic heterocycles. The van der Waals surface area contributed by atoms with Crippen LogP contribution in [-0.4, -0.2) is 21.0 Å². The second-order valence-electron chi connectivity index (χ2n) is 4.09. The Hall–Kier alpha value is -0.750. The summed E-state index contributed by atoms with van der Waals surface area (Å²) >= 11 is 22.5. The van der Waals surface area contributed by atoms with E-state index in [1.807, 2.05) is 31.2 Å². The van der Waals surface area contributed by atoms with Gasteiger partial charge in [0.05, 0.1) is 0 Å². The van der Waals surface area contributed by atoms with Gasteiger partial charge in [0.1, 0.15) is 6.17 Å². The normalized spacial score (nSPS) is 12.4. The molecule has 0 bridgehead atoms. The molecule has 0 saturated carbocycles. The van der Waals surface area contributed by atoms with Crippen molar-refractivity contribution < 1.29 is 4.79 Å². The van der Waals surface area contributed by atoms with Crippen LogP contribution in [0.3, 0.4) is 0 Å². The van der Waals surface area contributed by atoms with E-state index in [0.29, 0.717) is 0 Å². The molecule has 0 radical (unpaired) electrons. The number of anilines is 1. The first-order chi connectivity index (χ1) is 9.20. The number of para-hydroxylation sites is 1. The van der Waals surface area contributed by atoms with Gasteiger partial charge in [0, 0.05) is 12.6 Å². The van der Waals surface area contributed by atoms with Crippen LogP contribution in [0.15, 0.2) is 24.3 Å². The first-order valence-corrected chi connectivity index (χ1v) is 7.21. The highest BCUT2D eigenvalue weighted by Crippen LogP contribution is 2.29. The molecular weight excluding hydrogens is 341 g/mol. The van der Waals surface area contributed by atoms with Crippen LogP contribution in [0.1, 0.15) is 12.5 Å². The highest BCUT2D eigenvalue weighted by Gasteiger charge is 2.33. The van der Waals surface area contributed by atoms with Crippen molar-refractivity contribution in [3.8, 4) is 0 Å². The van der Waals surface area contributed by atoms with Gasteiger partial charge in [-0.05, 0) is 30.8 Å². The van der Waals surface area contributed by atoms with Crippen LogP contribution in [0.4, 0.5) is 5.69 Å². The van der Waals surface area contributed by atoms with Crippen LogP contribution in [0.25, 0.3) is 0 Å². The zero-order chi connectivity index (χ0) is 15.3. The molecule has 1 rings (SSSR count). The largest absolute Gasteiger partial charge is 0.339 e. The SMILES string of the molecule is CC(=O)N[C@H](NC(=S)Nc1ccccc1C)C(Cl)(Cl)Cl. The Labute approximate surface area is 138 Å². The Morgan fingerprint density at radius 2 is 1.85 bits per heavy atom. The number of carbonyl (C=O) groups is 1. The van der Waals surface area contributed by atoms with E-state index in [9.17, 15) is 4.79 Å². The highest BCUT2D eigenvalue weighted by molar-refractivity contribution is 7.80. The van der Waals surface area contributed by atoms with Gasteiger partial charge >= 0.3 is 0 Å². The molecule has 1 amide bonds. The maximum Gasteiger partial charge on any atom is 0.228 e. The summed E-state index contributed by atoms with van der Waals surface area (Å²) in [5, 5.41) is 8.45. The smallest absolute Gasteiger partial charge is 0.228 e. The zero-order valence-corrected chi connectivity index (χ0v) is 13.9. The Morgan fingerprint density at radius 3 is 2.35 bits per heavy atom. The third kappa shape index (κ3) is 5.71. The lowest BCUT2D eigenvalue weighted by Gasteiger charge is -2.27. The summed E-state index contributed by atoms with van der Waals surface area (Å²) in [4.78, 5) is 11.1. The summed E-state index contributed by atoms with van der Waals surface area (Å²) in [5.74, 6) is -0.340. The molecule has 0 spiro atoms. The minimum atomic E-state index is -1.73. The summed E-state index contributed by atoms with van der Waals surface area (Å²) < 4.78 is -1.73. The molecule has 1 aromatic rings. The number of benzene rings is 1. The van der Waals surface area contributed by atoms with E-state index in [1.165, 1.54) is 6.92 Å². The third-order valence-electron chi connectivity index (χ3n) is 2.34. The number of hydrogen-bond donors (Lipinski definition) is 3. The van der Waals surface area contributed by atoms with Gasteiger partial charge in [-0.15, -0.1) is 0 Å². The summed E-state index contributed by atoms with van der Waals surface area (Å²) in [5.41, 5.74) is 1.84. The summed E-state index contributed by atoms with van der Waals surface area (Å²) in [7, 11) is 0. The van der Waals surface area contributed by atoms with Crippen molar-refractivity contribution in [1.29, 1.82) is 0 Å². The number of halogens is 3. The van der Waals surface area contributed by atoms with E-state index in [1.54, 1.807) is 0 Å². The van der Waals surface area contributed by atoms with Gasteiger partial charge in [-0.1, -0.05) is 53.0 Å². The maximum atomic E-state index is 11.1. The van der Waals surface area contributed by atoms with E-state index in [-0.39, 0.29) is 11.0 Å². The lowest BCUT2D eigenvalue weighted by Crippen LogP contribution is -2.55. The first-order valence-electron chi connectivity index (χ1n) is 5.67. The Morgan fingerprint density at radius 1 is 1.25 bits per heavy atom. The molecule has 3 N–H and O–H groups in total. The second-order valence-corrected chi connectivity index (χ2v) is 6.87. The van der Waals surface area contributed by atoms with Crippen molar-refractivity contribution in [3.05, 3.63) is 29.8 Å². The maximum absolute atomic E-state index is 11.1. The lowest BCUT2D eigenvalue weighted by atomic mass is 10.2. The summed E-state index contributed by atoms with van der Waals surface area (Å²) in [6, 6.07) is 7.59. The summed E-state index contributed by atoms with van der Waals surface area (Å²) in [6.45, 7) is 3.26. The van der Waals surface area contributed by atoms with Gasteiger partial charge in [-0.2, -0.15) is 0 Å². The number of rotatable bonds is 3. The molecule has 0 heterocycles. The van der Waals surface area contributed by atoms with Crippen molar-refractivity contribution in [3.63, 3.8) is 0 Å².